The second-order valence-electron chi connectivity index (χ2n) is 3.82. The van der Waals surface area contributed by atoms with Crippen molar-refractivity contribution in [3.05, 3.63) is 33.7 Å². The van der Waals surface area contributed by atoms with Crippen LogP contribution in [0.1, 0.15) is 24.6 Å². The predicted molar refractivity (Wildman–Crippen MR) is 72.4 cm³/mol. The minimum absolute atomic E-state index is 0.137. The summed E-state index contributed by atoms with van der Waals surface area (Å²) >= 11 is 4.84. The molecule has 0 fully saturated rings. The van der Waals surface area contributed by atoms with Crippen LogP contribution in [-0.4, -0.2) is 22.8 Å². The number of aryl methyl sites for hydroxylation is 1. The van der Waals surface area contributed by atoms with Crippen LogP contribution in [-0.2, 0) is 11.3 Å². The molecule has 0 saturated carbocycles. The predicted octanol–water partition coefficient (Wildman–Crippen LogP) is 1.22. The summed E-state index contributed by atoms with van der Waals surface area (Å²) in [6.45, 7) is 5.69. The van der Waals surface area contributed by atoms with Crippen molar-refractivity contribution < 1.29 is 4.74 Å². The molecular weight excluding hydrogens is 236 g/mol. The minimum atomic E-state index is -0.141. The first-order valence-corrected chi connectivity index (χ1v) is 6.06. The van der Waals surface area contributed by atoms with Crippen LogP contribution in [0, 0.1) is 6.92 Å². The minimum Gasteiger partial charge on any atom is -0.389 e. The summed E-state index contributed by atoms with van der Waals surface area (Å²) in [7, 11) is 0. The summed E-state index contributed by atoms with van der Waals surface area (Å²) in [4.78, 5) is 12.2. The number of hydrogen-bond donors (Lipinski definition) is 1. The third-order valence-electron chi connectivity index (χ3n) is 2.47. The number of pyridine rings is 1. The van der Waals surface area contributed by atoms with Gasteiger partial charge in [-0.05, 0) is 25.5 Å². The molecule has 4 nitrogen and oxygen atoms in total. The van der Waals surface area contributed by atoms with E-state index in [1.165, 1.54) is 0 Å². The Morgan fingerprint density at radius 2 is 2.18 bits per heavy atom. The number of hydrogen-bond acceptors (Lipinski definition) is 3. The van der Waals surface area contributed by atoms with Crippen molar-refractivity contribution in [1.29, 1.82) is 0 Å². The molecule has 0 saturated heterocycles. The van der Waals surface area contributed by atoms with Crippen LogP contribution in [0.4, 0.5) is 0 Å². The van der Waals surface area contributed by atoms with Gasteiger partial charge in [-0.3, -0.25) is 4.79 Å². The topological polar surface area (TPSA) is 57.2 Å². The number of nitrogens with two attached hydrogens (primary N) is 1. The van der Waals surface area contributed by atoms with Crippen molar-refractivity contribution in [1.82, 2.24) is 4.57 Å². The average molecular weight is 254 g/mol. The summed E-state index contributed by atoms with van der Waals surface area (Å²) in [6, 6.07) is 3.51. The fourth-order valence-corrected chi connectivity index (χ4v) is 1.69. The van der Waals surface area contributed by atoms with Crippen LogP contribution in [0.25, 0.3) is 0 Å². The molecule has 1 rings (SSSR count). The van der Waals surface area contributed by atoms with Gasteiger partial charge in [0.1, 0.15) is 4.99 Å². The van der Waals surface area contributed by atoms with Gasteiger partial charge in [0.25, 0.3) is 5.56 Å². The van der Waals surface area contributed by atoms with Crippen LogP contribution in [0.2, 0.25) is 0 Å². The van der Waals surface area contributed by atoms with Gasteiger partial charge in [-0.25, -0.2) is 0 Å². The molecular formula is C12H18N2O2S. The van der Waals surface area contributed by atoms with Gasteiger partial charge in [0.2, 0.25) is 0 Å². The second kappa shape index (κ2) is 6.51. The van der Waals surface area contributed by atoms with Gasteiger partial charge >= 0.3 is 0 Å². The Bertz CT molecular complexity index is 454. The highest BCUT2D eigenvalue weighted by Crippen LogP contribution is 1.99. The highest BCUT2D eigenvalue weighted by Gasteiger charge is 2.07. The standard InChI is InChI=1S/C12H18N2O2S/c1-3-7-16-8-6-14-9(2)4-5-10(11(13)17)12(14)15/h4-5H,3,6-8H2,1-2H3,(H2,13,17). The number of nitrogens with zero attached hydrogens (tertiary/aromatic N) is 1. The molecule has 0 bridgehead atoms. The van der Waals surface area contributed by atoms with Crippen LogP contribution >= 0.6 is 12.2 Å². The van der Waals surface area contributed by atoms with Crippen LogP contribution < -0.4 is 11.3 Å². The molecule has 1 aromatic heterocycles. The molecule has 0 radical (unpaired) electrons. The lowest BCUT2D eigenvalue weighted by Gasteiger charge is -2.11. The zero-order valence-electron chi connectivity index (χ0n) is 10.2. The quantitative estimate of drug-likeness (QED) is 0.612. The fraction of sp³-hybridized carbons (Fsp3) is 0.500. The molecule has 1 aromatic rings. The van der Waals surface area contributed by atoms with Crippen molar-refractivity contribution in [3.63, 3.8) is 0 Å². The zero-order chi connectivity index (χ0) is 12.8. The monoisotopic (exact) mass is 254 g/mol. The van der Waals surface area contributed by atoms with Gasteiger partial charge in [0, 0.05) is 18.8 Å². The lowest BCUT2D eigenvalue weighted by molar-refractivity contribution is 0.125. The highest BCUT2D eigenvalue weighted by atomic mass is 32.1. The van der Waals surface area contributed by atoms with Crippen molar-refractivity contribution in [3.8, 4) is 0 Å². The van der Waals surface area contributed by atoms with Crippen LogP contribution in [0.15, 0.2) is 16.9 Å². The van der Waals surface area contributed by atoms with E-state index in [0.29, 0.717) is 25.3 Å². The maximum Gasteiger partial charge on any atom is 0.261 e. The third kappa shape index (κ3) is 3.64. The van der Waals surface area contributed by atoms with E-state index in [-0.39, 0.29) is 10.5 Å². The van der Waals surface area contributed by atoms with E-state index in [1.54, 1.807) is 10.6 Å². The molecule has 0 spiro atoms. The van der Waals surface area contributed by atoms with Gasteiger partial charge in [0.15, 0.2) is 0 Å². The Morgan fingerprint density at radius 1 is 1.47 bits per heavy atom. The number of thiocarbonyl (C=S) groups is 1. The molecule has 0 aliphatic heterocycles. The summed E-state index contributed by atoms with van der Waals surface area (Å²) in [5.41, 5.74) is 6.63. The fourth-order valence-electron chi connectivity index (χ4n) is 1.54. The smallest absolute Gasteiger partial charge is 0.261 e. The van der Waals surface area contributed by atoms with Crippen LogP contribution in [0.5, 0.6) is 0 Å². The van der Waals surface area contributed by atoms with E-state index in [9.17, 15) is 4.79 Å². The zero-order valence-corrected chi connectivity index (χ0v) is 11.0. The average Bonchev–Trinajstić information content (AvgIpc) is 2.27. The van der Waals surface area contributed by atoms with Gasteiger partial charge in [-0.15, -0.1) is 0 Å². The number of aromatic nitrogens is 1. The maximum atomic E-state index is 12.0. The van der Waals surface area contributed by atoms with E-state index in [0.717, 1.165) is 12.1 Å². The summed E-state index contributed by atoms with van der Waals surface area (Å²) in [5, 5.41) is 0. The lowest BCUT2D eigenvalue weighted by atomic mass is 10.2. The molecule has 0 amide bonds. The van der Waals surface area contributed by atoms with E-state index in [4.69, 9.17) is 22.7 Å². The Hall–Kier alpha value is -1.20. The van der Waals surface area contributed by atoms with Crippen molar-refractivity contribution in [2.45, 2.75) is 26.8 Å². The SMILES string of the molecule is CCCOCCn1c(C)ccc(C(N)=S)c1=O. The molecule has 0 aromatic carbocycles. The maximum absolute atomic E-state index is 12.0. The molecule has 2 N–H and O–H groups in total. The van der Waals surface area contributed by atoms with Gasteiger partial charge in [-0.2, -0.15) is 0 Å². The molecule has 0 aliphatic rings. The number of rotatable bonds is 6. The normalized spacial score (nSPS) is 10.5. The molecule has 5 heteroatoms. The van der Waals surface area contributed by atoms with Gasteiger partial charge in [-0.1, -0.05) is 19.1 Å². The second-order valence-corrected chi connectivity index (χ2v) is 4.26. The van der Waals surface area contributed by atoms with Gasteiger partial charge in [0.05, 0.1) is 12.2 Å². The third-order valence-corrected chi connectivity index (χ3v) is 2.69. The first kappa shape index (κ1) is 13.9. The van der Waals surface area contributed by atoms with Crippen molar-refractivity contribution in [2.75, 3.05) is 13.2 Å². The van der Waals surface area contributed by atoms with E-state index >= 15 is 0 Å². The number of ether oxygens (including phenoxy) is 1. The summed E-state index contributed by atoms with van der Waals surface area (Å²) < 4.78 is 7.02. The van der Waals surface area contributed by atoms with Crippen molar-refractivity contribution >= 4 is 17.2 Å². The summed E-state index contributed by atoms with van der Waals surface area (Å²) in [6.07, 6.45) is 0.973. The molecule has 17 heavy (non-hydrogen) atoms. The molecule has 0 aliphatic carbocycles. The Kier molecular flexibility index (Phi) is 5.31. The van der Waals surface area contributed by atoms with E-state index < -0.39 is 0 Å². The Balaban J connectivity index is 2.87. The van der Waals surface area contributed by atoms with E-state index in [2.05, 4.69) is 0 Å². The first-order chi connectivity index (χ1) is 8.07. The summed E-state index contributed by atoms with van der Waals surface area (Å²) in [5.74, 6) is 0. The lowest BCUT2D eigenvalue weighted by Crippen LogP contribution is -2.31. The Morgan fingerprint density at radius 3 is 2.76 bits per heavy atom. The van der Waals surface area contributed by atoms with E-state index in [1.807, 2.05) is 19.9 Å². The Labute approximate surface area is 106 Å². The molecule has 0 atom stereocenters. The molecule has 94 valence electrons. The molecule has 0 unspecified atom stereocenters. The van der Waals surface area contributed by atoms with Crippen molar-refractivity contribution in [2.24, 2.45) is 5.73 Å². The first-order valence-electron chi connectivity index (χ1n) is 5.66. The van der Waals surface area contributed by atoms with Crippen LogP contribution in [0.3, 0.4) is 0 Å². The highest BCUT2D eigenvalue weighted by molar-refractivity contribution is 7.80. The van der Waals surface area contributed by atoms with Gasteiger partial charge < -0.3 is 15.0 Å². The largest absolute Gasteiger partial charge is 0.389 e. The molecule has 1 heterocycles.